The van der Waals surface area contributed by atoms with E-state index in [1.54, 1.807) is 6.08 Å². The summed E-state index contributed by atoms with van der Waals surface area (Å²) in [7, 11) is 0. The Morgan fingerprint density at radius 3 is 2.00 bits per heavy atom. The fourth-order valence-electron chi connectivity index (χ4n) is 5.81. The summed E-state index contributed by atoms with van der Waals surface area (Å²) in [6, 6.07) is 32.4. The number of rotatable bonds is 2. The molecule has 0 saturated heterocycles. The van der Waals surface area contributed by atoms with E-state index >= 15 is 0 Å². The van der Waals surface area contributed by atoms with Gasteiger partial charge in [0, 0.05) is 0 Å². The third-order valence-corrected chi connectivity index (χ3v) is 15.2. The minimum atomic E-state index is -2.50. The van der Waals surface area contributed by atoms with Gasteiger partial charge in [0.1, 0.15) is 0 Å². The molecule has 5 aromatic rings. The van der Waals surface area contributed by atoms with Crippen molar-refractivity contribution in [2.45, 2.75) is 11.5 Å². The molecule has 2 aliphatic rings. The molecule has 0 unspecified atom stereocenters. The van der Waals surface area contributed by atoms with Gasteiger partial charge in [0.15, 0.2) is 0 Å². The van der Waals surface area contributed by atoms with Crippen molar-refractivity contribution in [1.29, 1.82) is 0 Å². The Morgan fingerprint density at radius 1 is 0.711 bits per heavy atom. The van der Waals surface area contributed by atoms with Crippen LogP contribution in [0.1, 0.15) is 26.3 Å². The molecule has 7 rings (SSSR count). The topological polar surface area (TPSA) is 50.3 Å². The van der Waals surface area contributed by atoms with Gasteiger partial charge < -0.3 is 0 Å². The van der Waals surface area contributed by atoms with Crippen molar-refractivity contribution in [3.8, 4) is 0 Å². The van der Waals surface area contributed by atoms with Gasteiger partial charge in [-0.15, -0.1) is 0 Å². The third kappa shape index (κ3) is 3.33. The summed E-state index contributed by atoms with van der Waals surface area (Å²) < 4.78 is 2.77. The number of anilines is 3. The molecule has 0 N–H and O–H groups in total. The van der Waals surface area contributed by atoms with Crippen LogP contribution in [0.15, 0.2) is 109 Å². The molecular formula is C33H24GeN2O2. The van der Waals surface area contributed by atoms with Crippen LogP contribution in [0.4, 0.5) is 17.2 Å². The zero-order valence-electron chi connectivity index (χ0n) is 21.1. The van der Waals surface area contributed by atoms with Crippen LogP contribution in [0.25, 0.3) is 16.8 Å². The molecule has 0 atom stereocenters. The minimum absolute atomic E-state index is 0.211. The monoisotopic (exact) mass is 554 g/mol. The molecule has 5 heteroatoms. The maximum atomic E-state index is 13.2. The molecule has 0 radical (unpaired) electrons. The molecule has 1 aliphatic carbocycles. The van der Waals surface area contributed by atoms with E-state index in [2.05, 4.69) is 46.7 Å². The molecular weight excluding hydrogens is 529 g/mol. The third-order valence-electron chi connectivity index (χ3n) is 7.82. The first-order chi connectivity index (χ1) is 18.4. The van der Waals surface area contributed by atoms with Gasteiger partial charge in [-0.3, -0.25) is 0 Å². The summed E-state index contributed by atoms with van der Waals surface area (Å²) in [5.41, 5.74) is 4.17. The van der Waals surface area contributed by atoms with E-state index in [9.17, 15) is 9.59 Å². The summed E-state index contributed by atoms with van der Waals surface area (Å²) in [5.74, 6) is 5.41. The normalized spacial score (nSPS) is 15.3. The Kier molecular flexibility index (Phi) is 5.04. The number of aromatic nitrogens is 1. The van der Waals surface area contributed by atoms with Crippen molar-refractivity contribution in [3.05, 3.63) is 126 Å². The van der Waals surface area contributed by atoms with Crippen LogP contribution in [0.5, 0.6) is 0 Å². The van der Waals surface area contributed by atoms with Gasteiger partial charge in [-0.1, -0.05) is 24.3 Å². The summed E-state index contributed by atoms with van der Waals surface area (Å²) in [4.78, 5) is 33.5. The Bertz CT molecular complexity index is 1730. The van der Waals surface area contributed by atoms with Crippen molar-refractivity contribution in [2.75, 3.05) is 4.90 Å². The number of hydrogen-bond donors (Lipinski definition) is 0. The van der Waals surface area contributed by atoms with Gasteiger partial charge in [0.05, 0.1) is 0 Å². The van der Waals surface area contributed by atoms with Gasteiger partial charge in [0.2, 0.25) is 0 Å². The number of fused-ring (bicyclic) bond motifs is 4. The number of carbonyl (C=O) groups excluding carboxylic acids is 2. The number of carbonyl (C=O) groups is 2. The summed E-state index contributed by atoms with van der Waals surface area (Å²) in [6.07, 6.45) is 3.57. The fraction of sp³-hybridized carbons (Fsp3) is 0.0606. The summed E-state index contributed by atoms with van der Waals surface area (Å²) in [5, 5.41) is 1.92. The molecule has 0 spiro atoms. The predicted molar refractivity (Wildman–Crippen MR) is 156 cm³/mol. The van der Waals surface area contributed by atoms with Crippen molar-refractivity contribution < 1.29 is 9.59 Å². The number of hydrogen-bond acceptors (Lipinski definition) is 4. The molecule has 1 aromatic heterocycles. The molecule has 0 fully saturated rings. The average Bonchev–Trinajstić information content (AvgIpc) is 3.17. The second kappa shape index (κ2) is 8.37. The molecule has 4 nitrogen and oxygen atoms in total. The first kappa shape index (κ1) is 22.9. The van der Waals surface area contributed by atoms with Crippen LogP contribution in [-0.2, 0) is 0 Å². The van der Waals surface area contributed by atoms with Crippen molar-refractivity contribution in [2.24, 2.45) is 0 Å². The van der Waals surface area contributed by atoms with Crippen LogP contribution in [0, 0.1) is 0 Å². The quantitative estimate of drug-likeness (QED) is 0.146. The molecule has 0 bridgehead atoms. The molecule has 0 saturated carbocycles. The fourth-order valence-corrected chi connectivity index (χ4v) is 11.9. The van der Waals surface area contributed by atoms with Gasteiger partial charge in [0.25, 0.3) is 0 Å². The Balaban J connectivity index is 1.28. The van der Waals surface area contributed by atoms with E-state index in [1.807, 2.05) is 72.9 Å². The molecule has 0 amide bonds. The zero-order valence-corrected chi connectivity index (χ0v) is 23.2. The standard InChI is InChI=1S/C33H24GeN2O2/c1-34(2)28-10-5-6-12-30(28)36(33-29(34)11-7-17-35-33)24-15-13-21(14-16-24)18-27-31(37)25-19-22-8-3-4-9-23(22)20-26(25)32(27)38/h3-20H,1-2H3. The molecule has 38 heavy (non-hydrogen) atoms. The number of allylic oxidation sites excluding steroid dienone is 1. The van der Waals surface area contributed by atoms with Crippen LogP contribution >= 0.6 is 0 Å². The summed E-state index contributed by atoms with van der Waals surface area (Å²) >= 11 is -2.50. The van der Waals surface area contributed by atoms with E-state index in [-0.39, 0.29) is 17.1 Å². The number of benzene rings is 4. The molecule has 2 heterocycles. The number of Topliss-reactive ketones (excluding diaryl/α,β-unsaturated/α-hetero) is 2. The van der Waals surface area contributed by atoms with E-state index in [4.69, 9.17) is 4.98 Å². The second-order valence-electron chi connectivity index (χ2n) is 10.4. The van der Waals surface area contributed by atoms with Gasteiger partial charge in [-0.05, 0) is 10.8 Å². The Morgan fingerprint density at radius 2 is 1.32 bits per heavy atom. The van der Waals surface area contributed by atoms with Crippen molar-refractivity contribution in [1.82, 2.24) is 4.98 Å². The van der Waals surface area contributed by atoms with E-state index in [0.717, 1.165) is 27.8 Å². The number of ketones is 2. The van der Waals surface area contributed by atoms with Gasteiger partial charge in [-0.2, -0.15) is 0 Å². The Labute approximate surface area is 223 Å². The maximum absolute atomic E-state index is 13.2. The molecule has 4 aromatic carbocycles. The SMILES string of the molecule is [CH3][Ge]1([CH3])[c]2ccccc2N(c2ccc(C=C3C(=O)c4cc5ccccc5cc4C3=O)cc2)c2nccc[c]21. The Hall–Kier alpha value is -4.29. The number of nitrogens with zero attached hydrogens (tertiary/aromatic N) is 2. The van der Waals surface area contributed by atoms with E-state index in [1.165, 1.54) is 14.5 Å². The zero-order chi connectivity index (χ0) is 26.0. The van der Waals surface area contributed by atoms with E-state index < -0.39 is 13.3 Å². The van der Waals surface area contributed by atoms with Gasteiger partial charge >= 0.3 is 189 Å². The van der Waals surface area contributed by atoms with Crippen molar-refractivity contribution >= 4 is 67.7 Å². The van der Waals surface area contributed by atoms with Crippen LogP contribution < -0.4 is 13.7 Å². The van der Waals surface area contributed by atoms with Gasteiger partial charge in [-0.25, -0.2) is 0 Å². The first-order valence-electron chi connectivity index (χ1n) is 12.7. The number of para-hydroxylation sites is 1. The second-order valence-corrected chi connectivity index (χ2v) is 19.5. The molecule has 1 aliphatic heterocycles. The van der Waals surface area contributed by atoms with Crippen LogP contribution in [0.3, 0.4) is 0 Å². The predicted octanol–water partition coefficient (Wildman–Crippen LogP) is 6.30. The van der Waals surface area contributed by atoms with Crippen LogP contribution in [-0.4, -0.2) is 29.8 Å². The molecule has 182 valence electrons. The first-order valence-corrected chi connectivity index (χ1v) is 19.0. The van der Waals surface area contributed by atoms with Crippen LogP contribution in [0.2, 0.25) is 11.5 Å². The van der Waals surface area contributed by atoms with E-state index in [0.29, 0.717) is 11.1 Å². The average molecular weight is 553 g/mol. The number of pyridine rings is 1. The van der Waals surface area contributed by atoms with Crippen molar-refractivity contribution in [3.63, 3.8) is 0 Å². The summed E-state index contributed by atoms with van der Waals surface area (Å²) in [6.45, 7) is 0.